The van der Waals surface area contributed by atoms with Gasteiger partial charge in [-0.3, -0.25) is 0 Å². The smallest absolute Gasteiger partial charge is 0.239 e. The number of hydrogen-bond donors (Lipinski definition) is 2. The molecule has 0 spiro atoms. The minimum Gasteiger partial charge on any atom is -0.313 e. The average molecular weight is 297 g/mol. The molecule has 0 aliphatic heterocycles. The van der Waals surface area contributed by atoms with E-state index in [-0.39, 0.29) is 9.92 Å². The summed E-state index contributed by atoms with van der Waals surface area (Å²) in [7, 11) is -3.82. The minimum absolute atomic E-state index is 0.0386. The molecule has 1 rings (SSSR count). The van der Waals surface area contributed by atoms with Gasteiger partial charge < -0.3 is 5.32 Å². The maximum Gasteiger partial charge on any atom is 0.239 e. The third-order valence-electron chi connectivity index (χ3n) is 2.15. The molecule has 0 radical (unpaired) electrons. The summed E-state index contributed by atoms with van der Waals surface area (Å²) in [5, 5.41) is 8.64. The van der Waals surface area contributed by atoms with E-state index < -0.39 is 10.0 Å². The Kier molecular flexibility index (Phi) is 5.22. The van der Waals surface area contributed by atoms with Gasteiger partial charge in [0.1, 0.15) is 4.90 Å². The molecule has 1 aromatic rings. The number of nitrogens with two attached hydrogens (primary N) is 1. The molecule has 17 heavy (non-hydrogen) atoms. The fourth-order valence-electron chi connectivity index (χ4n) is 1.32. The molecule has 0 amide bonds. The molecular weight excluding hydrogens is 283 g/mol. The van der Waals surface area contributed by atoms with Crippen molar-refractivity contribution in [1.29, 1.82) is 0 Å². The summed E-state index contributed by atoms with van der Waals surface area (Å²) in [6, 6.07) is 2.80. The molecule has 0 aliphatic carbocycles. The Morgan fingerprint density at radius 2 is 1.94 bits per heavy atom. The first-order chi connectivity index (χ1) is 7.86. The summed E-state index contributed by atoms with van der Waals surface area (Å²) in [6.45, 7) is 3.34. The maximum atomic E-state index is 11.3. The lowest BCUT2D eigenvalue weighted by Gasteiger charge is -2.09. The Morgan fingerprint density at radius 1 is 1.29 bits per heavy atom. The topological polar surface area (TPSA) is 72.2 Å². The summed E-state index contributed by atoms with van der Waals surface area (Å²) < 4.78 is 22.6. The standard InChI is InChI=1S/C10H14Cl2N2O2S/c1-2-3-14-6-7-4-10(17(13,15)16)9(12)5-8(7)11/h4-5,14H,2-3,6H2,1H3,(H2,13,15,16). The molecule has 0 unspecified atom stereocenters. The van der Waals surface area contributed by atoms with E-state index in [1.54, 1.807) is 0 Å². The Bertz CT molecular complexity index is 503. The molecule has 0 fully saturated rings. The van der Waals surface area contributed by atoms with E-state index in [1.165, 1.54) is 12.1 Å². The van der Waals surface area contributed by atoms with Crippen LogP contribution < -0.4 is 10.5 Å². The van der Waals surface area contributed by atoms with Gasteiger partial charge in [0, 0.05) is 11.6 Å². The van der Waals surface area contributed by atoms with Gasteiger partial charge in [-0.2, -0.15) is 0 Å². The largest absolute Gasteiger partial charge is 0.313 e. The van der Waals surface area contributed by atoms with Gasteiger partial charge in [-0.25, -0.2) is 13.6 Å². The second-order valence-corrected chi connectivity index (χ2v) is 5.94. The third-order valence-corrected chi connectivity index (χ3v) is 3.88. The monoisotopic (exact) mass is 296 g/mol. The van der Waals surface area contributed by atoms with Crippen molar-refractivity contribution in [1.82, 2.24) is 5.32 Å². The quantitative estimate of drug-likeness (QED) is 0.818. The first-order valence-corrected chi connectivity index (χ1v) is 7.38. The number of primary sulfonamides is 1. The van der Waals surface area contributed by atoms with Gasteiger partial charge >= 0.3 is 0 Å². The molecule has 0 aliphatic rings. The van der Waals surface area contributed by atoms with E-state index >= 15 is 0 Å². The van der Waals surface area contributed by atoms with E-state index in [4.69, 9.17) is 28.3 Å². The van der Waals surface area contributed by atoms with Crippen LogP contribution in [0.4, 0.5) is 0 Å². The van der Waals surface area contributed by atoms with E-state index in [0.717, 1.165) is 13.0 Å². The molecule has 0 bridgehead atoms. The summed E-state index contributed by atoms with van der Waals surface area (Å²) >= 11 is 11.8. The molecule has 0 heterocycles. The number of hydrogen-bond acceptors (Lipinski definition) is 3. The molecular formula is C10H14Cl2N2O2S. The minimum atomic E-state index is -3.82. The molecule has 0 aromatic heterocycles. The second kappa shape index (κ2) is 6.02. The average Bonchev–Trinajstić information content (AvgIpc) is 2.19. The lowest BCUT2D eigenvalue weighted by Crippen LogP contribution is -2.16. The van der Waals surface area contributed by atoms with Crippen molar-refractivity contribution in [2.45, 2.75) is 24.8 Å². The van der Waals surface area contributed by atoms with Crippen molar-refractivity contribution < 1.29 is 8.42 Å². The molecule has 7 heteroatoms. The van der Waals surface area contributed by atoms with Gasteiger partial charge in [0.2, 0.25) is 10.0 Å². The summed E-state index contributed by atoms with van der Waals surface area (Å²) in [5.41, 5.74) is 0.661. The number of rotatable bonds is 5. The summed E-state index contributed by atoms with van der Waals surface area (Å²) in [6.07, 6.45) is 0.979. The van der Waals surface area contributed by atoms with Crippen LogP contribution in [0, 0.1) is 0 Å². The highest BCUT2D eigenvalue weighted by Gasteiger charge is 2.15. The van der Waals surface area contributed by atoms with Crippen LogP contribution in [0.15, 0.2) is 17.0 Å². The fourth-order valence-corrected chi connectivity index (χ4v) is 2.73. The van der Waals surface area contributed by atoms with Gasteiger partial charge in [-0.1, -0.05) is 30.1 Å². The van der Waals surface area contributed by atoms with Crippen LogP contribution in [0.25, 0.3) is 0 Å². The lowest BCUT2D eigenvalue weighted by atomic mass is 10.2. The third kappa shape index (κ3) is 4.12. The predicted octanol–water partition coefficient (Wildman–Crippen LogP) is 2.14. The molecule has 0 atom stereocenters. The van der Waals surface area contributed by atoms with Crippen LogP contribution >= 0.6 is 23.2 Å². The molecule has 0 saturated heterocycles. The Hall–Kier alpha value is -0.330. The second-order valence-electron chi connectivity index (χ2n) is 3.60. The Labute approximate surface area is 111 Å². The molecule has 1 aromatic carbocycles. The Balaban J connectivity index is 3.07. The van der Waals surface area contributed by atoms with Crippen molar-refractivity contribution in [3.05, 3.63) is 27.7 Å². The SMILES string of the molecule is CCCNCc1cc(S(N)(=O)=O)c(Cl)cc1Cl. The zero-order valence-corrected chi connectivity index (χ0v) is 11.7. The zero-order chi connectivity index (χ0) is 13.1. The zero-order valence-electron chi connectivity index (χ0n) is 9.33. The van der Waals surface area contributed by atoms with Crippen LogP contribution in [-0.2, 0) is 16.6 Å². The van der Waals surface area contributed by atoms with Crippen molar-refractivity contribution >= 4 is 33.2 Å². The van der Waals surface area contributed by atoms with Crippen LogP contribution in [-0.4, -0.2) is 15.0 Å². The Morgan fingerprint density at radius 3 is 2.47 bits per heavy atom. The van der Waals surface area contributed by atoms with Gasteiger partial charge in [0.15, 0.2) is 0 Å². The molecule has 3 N–H and O–H groups in total. The fraction of sp³-hybridized carbons (Fsp3) is 0.400. The van der Waals surface area contributed by atoms with E-state index in [9.17, 15) is 8.42 Å². The van der Waals surface area contributed by atoms with E-state index in [1.807, 2.05) is 6.92 Å². The van der Waals surface area contributed by atoms with Crippen LogP contribution in [0.2, 0.25) is 10.0 Å². The first-order valence-electron chi connectivity index (χ1n) is 5.07. The summed E-state index contributed by atoms with van der Waals surface area (Å²) in [5.74, 6) is 0. The number of nitrogens with one attached hydrogen (secondary N) is 1. The van der Waals surface area contributed by atoms with Gasteiger partial charge in [-0.05, 0) is 30.7 Å². The van der Waals surface area contributed by atoms with Crippen LogP contribution in [0.5, 0.6) is 0 Å². The van der Waals surface area contributed by atoms with Gasteiger partial charge in [0.05, 0.1) is 5.02 Å². The highest BCUT2D eigenvalue weighted by molar-refractivity contribution is 7.89. The van der Waals surface area contributed by atoms with Crippen LogP contribution in [0.1, 0.15) is 18.9 Å². The predicted molar refractivity (Wildman–Crippen MR) is 69.8 cm³/mol. The highest BCUT2D eigenvalue weighted by Crippen LogP contribution is 2.27. The van der Waals surface area contributed by atoms with Gasteiger partial charge in [-0.15, -0.1) is 0 Å². The number of benzene rings is 1. The molecule has 4 nitrogen and oxygen atoms in total. The lowest BCUT2D eigenvalue weighted by molar-refractivity contribution is 0.597. The molecule has 96 valence electrons. The van der Waals surface area contributed by atoms with Crippen LogP contribution in [0.3, 0.4) is 0 Å². The van der Waals surface area contributed by atoms with E-state index in [2.05, 4.69) is 5.32 Å². The first kappa shape index (κ1) is 14.7. The van der Waals surface area contributed by atoms with E-state index in [0.29, 0.717) is 17.1 Å². The maximum absolute atomic E-state index is 11.3. The van der Waals surface area contributed by atoms with Gasteiger partial charge in [0.25, 0.3) is 0 Å². The van der Waals surface area contributed by atoms with Crippen molar-refractivity contribution in [3.63, 3.8) is 0 Å². The van der Waals surface area contributed by atoms with Crippen molar-refractivity contribution in [3.8, 4) is 0 Å². The number of sulfonamides is 1. The number of halogens is 2. The van der Waals surface area contributed by atoms with Crippen molar-refractivity contribution in [2.24, 2.45) is 5.14 Å². The summed E-state index contributed by atoms with van der Waals surface area (Å²) in [4.78, 5) is -0.100. The molecule has 0 saturated carbocycles. The highest BCUT2D eigenvalue weighted by atomic mass is 35.5. The van der Waals surface area contributed by atoms with Crippen molar-refractivity contribution in [2.75, 3.05) is 6.54 Å². The normalized spacial score (nSPS) is 11.8.